The fourth-order valence-electron chi connectivity index (χ4n) is 1.85. The van der Waals surface area contributed by atoms with E-state index < -0.39 is 0 Å². The highest BCUT2D eigenvalue weighted by atomic mass is 15.2. The van der Waals surface area contributed by atoms with Crippen LogP contribution in [0.2, 0.25) is 0 Å². The lowest BCUT2D eigenvalue weighted by Gasteiger charge is -2.32. The van der Waals surface area contributed by atoms with E-state index in [-0.39, 0.29) is 0 Å². The molecule has 0 N–H and O–H groups in total. The molecule has 0 aliphatic carbocycles. The third-order valence-electron chi connectivity index (χ3n) is 2.98. The van der Waals surface area contributed by atoms with E-state index in [9.17, 15) is 0 Å². The first-order chi connectivity index (χ1) is 7.58. The highest BCUT2D eigenvalue weighted by Crippen LogP contribution is 2.06. The number of piperazine rings is 1. The van der Waals surface area contributed by atoms with E-state index >= 15 is 0 Å². The highest BCUT2D eigenvalue weighted by molar-refractivity contribution is 5.16. The monoisotopic (exact) mass is 222 g/mol. The van der Waals surface area contributed by atoms with Crippen molar-refractivity contribution < 1.29 is 0 Å². The molecule has 1 fully saturated rings. The first-order valence-electron chi connectivity index (χ1n) is 6.33. The van der Waals surface area contributed by atoms with Gasteiger partial charge in [-0.05, 0) is 25.0 Å². The van der Waals surface area contributed by atoms with Crippen molar-refractivity contribution in [3.8, 4) is 0 Å². The largest absolute Gasteiger partial charge is 0.304 e. The summed E-state index contributed by atoms with van der Waals surface area (Å²) < 4.78 is 0. The number of rotatable bonds is 5. The minimum atomic E-state index is 0.743. The van der Waals surface area contributed by atoms with Crippen molar-refractivity contribution >= 4 is 0 Å². The summed E-state index contributed by atoms with van der Waals surface area (Å²) in [7, 11) is 2.19. The Morgan fingerprint density at radius 2 is 1.88 bits per heavy atom. The maximum Gasteiger partial charge on any atom is 0.0228 e. The molecule has 1 heterocycles. The molecule has 0 atom stereocenters. The first kappa shape index (κ1) is 13.5. The van der Waals surface area contributed by atoms with Crippen molar-refractivity contribution in [1.29, 1.82) is 0 Å². The van der Waals surface area contributed by atoms with E-state index in [2.05, 4.69) is 49.4 Å². The van der Waals surface area contributed by atoms with Gasteiger partial charge in [0.05, 0.1) is 0 Å². The Bertz CT molecular complexity index is 235. The van der Waals surface area contributed by atoms with Crippen LogP contribution in [0.1, 0.15) is 20.3 Å². The molecule has 92 valence electrons. The summed E-state index contributed by atoms with van der Waals surface area (Å²) in [4.78, 5) is 4.87. The molecule has 0 aromatic carbocycles. The molecule has 1 rings (SSSR count). The van der Waals surface area contributed by atoms with Gasteiger partial charge in [-0.3, -0.25) is 4.90 Å². The van der Waals surface area contributed by atoms with E-state index in [1.54, 1.807) is 0 Å². The summed E-state index contributed by atoms with van der Waals surface area (Å²) in [5.41, 5.74) is 1.24. The normalized spacial score (nSPS) is 19.8. The van der Waals surface area contributed by atoms with Gasteiger partial charge in [-0.2, -0.15) is 0 Å². The van der Waals surface area contributed by atoms with Crippen LogP contribution in [-0.2, 0) is 0 Å². The number of nitrogens with zero attached hydrogens (tertiary/aromatic N) is 2. The summed E-state index contributed by atoms with van der Waals surface area (Å²) in [6.45, 7) is 14.4. The summed E-state index contributed by atoms with van der Waals surface area (Å²) in [6.07, 6.45) is 5.60. The quantitative estimate of drug-likeness (QED) is 0.659. The van der Waals surface area contributed by atoms with Crippen LogP contribution in [-0.4, -0.2) is 49.6 Å². The number of allylic oxidation sites excluding steroid dienone is 1. The summed E-state index contributed by atoms with van der Waals surface area (Å²) in [6, 6.07) is 0. The zero-order valence-electron chi connectivity index (χ0n) is 11.1. The summed E-state index contributed by atoms with van der Waals surface area (Å²) >= 11 is 0. The molecule has 0 spiro atoms. The van der Waals surface area contributed by atoms with E-state index in [1.807, 2.05) is 0 Å². The minimum Gasteiger partial charge on any atom is -0.304 e. The van der Waals surface area contributed by atoms with Gasteiger partial charge in [0, 0.05) is 32.7 Å². The van der Waals surface area contributed by atoms with Crippen LogP contribution in [0.5, 0.6) is 0 Å². The van der Waals surface area contributed by atoms with Crippen molar-refractivity contribution in [1.82, 2.24) is 9.80 Å². The van der Waals surface area contributed by atoms with Crippen LogP contribution in [0.25, 0.3) is 0 Å². The minimum absolute atomic E-state index is 0.743. The average Bonchev–Trinajstić information content (AvgIpc) is 2.21. The van der Waals surface area contributed by atoms with Crippen LogP contribution < -0.4 is 0 Å². The Labute approximate surface area is 101 Å². The van der Waals surface area contributed by atoms with Crippen molar-refractivity contribution in [3.05, 3.63) is 24.3 Å². The van der Waals surface area contributed by atoms with Gasteiger partial charge in [0.15, 0.2) is 0 Å². The zero-order valence-corrected chi connectivity index (χ0v) is 11.1. The maximum absolute atomic E-state index is 4.12. The van der Waals surface area contributed by atoms with Crippen LogP contribution in [0, 0.1) is 5.92 Å². The highest BCUT2D eigenvalue weighted by Gasteiger charge is 2.13. The van der Waals surface area contributed by atoms with Crippen LogP contribution in [0.4, 0.5) is 0 Å². The van der Waals surface area contributed by atoms with Gasteiger partial charge < -0.3 is 4.90 Å². The molecular formula is C14H26N2. The Kier molecular flexibility index (Phi) is 5.78. The molecular weight excluding hydrogens is 196 g/mol. The molecule has 1 aliphatic heterocycles. The van der Waals surface area contributed by atoms with Crippen LogP contribution >= 0.6 is 0 Å². The van der Waals surface area contributed by atoms with Crippen molar-refractivity contribution in [3.63, 3.8) is 0 Å². The van der Waals surface area contributed by atoms with Crippen molar-refractivity contribution in [2.75, 3.05) is 39.8 Å². The second-order valence-electron chi connectivity index (χ2n) is 5.27. The third-order valence-corrected chi connectivity index (χ3v) is 2.98. The Hall–Kier alpha value is -0.600. The van der Waals surface area contributed by atoms with Crippen molar-refractivity contribution in [2.45, 2.75) is 20.3 Å². The molecule has 0 radical (unpaired) electrons. The predicted octanol–water partition coefficient (Wildman–Crippen LogP) is 2.39. The summed E-state index contributed by atoms with van der Waals surface area (Å²) in [5.74, 6) is 0.743. The lowest BCUT2D eigenvalue weighted by Crippen LogP contribution is -2.44. The van der Waals surface area contributed by atoms with Crippen LogP contribution in [0.15, 0.2) is 24.3 Å². The molecule has 0 aromatic heterocycles. The van der Waals surface area contributed by atoms with Gasteiger partial charge in [-0.15, -0.1) is 0 Å². The van der Waals surface area contributed by atoms with Gasteiger partial charge in [0.2, 0.25) is 0 Å². The second-order valence-corrected chi connectivity index (χ2v) is 5.27. The molecule has 0 unspecified atom stereocenters. The number of hydrogen-bond donors (Lipinski definition) is 0. The molecule has 2 heteroatoms. The predicted molar refractivity (Wildman–Crippen MR) is 71.7 cm³/mol. The van der Waals surface area contributed by atoms with Gasteiger partial charge in [-0.1, -0.05) is 32.6 Å². The number of hydrogen-bond acceptors (Lipinski definition) is 2. The standard InChI is InChI=1S/C14H26N2/c1-13(2)6-5-7-14(3)12-16-10-8-15(4)9-11-16/h5,7,13H,3,6,8-12H2,1-2,4H3. The maximum atomic E-state index is 4.12. The van der Waals surface area contributed by atoms with Gasteiger partial charge in [0.25, 0.3) is 0 Å². The molecule has 1 saturated heterocycles. The molecule has 0 saturated carbocycles. The van der Waals surface area contributed by atoms with Crippen LogP contribution in [0.3, 0.4) is 0 Å². The molecule has 2 nitrogen and oxygen atoms in total. The van der Waals surface area contributed by atoms with Crippen molar-refractivity contribution in [2.24, 2.45) is 5.92 Å². The van der Waals surface area contributed by atoms with E-state index in [0.717, 1.165) is 18.9 Å². The lowest BCUT2D eigenvalue weighted by molar-refractivity contribution is 0.165. The molecule has 0 aromatic rings. The van der Waals surface area contributed by atoms with E-state index in [4.69, 9.17) is 0 Å². The molecule has 0 bridgehead atoms. The van der Waals surface area contributed by atoms with E-state index in [0.29, 0.717) is 0 Å². The topological polar surface area (TPSA) is 6.48 Å². The zero-order chi connectivity index (χ0) is 12.0. The van der Waals surface area contributed by atoms with Gasteiger partial charge >= 0.3 is 0 Å². The fourth-order valence-corrected chi connectivity index (χ4v) is 1.85. The summed E-state index contributed by atoms with van der Waals surface area (Å²) in [5, 5.41) is 0. The second kappa shape index (κ2) is 6.87. The molecule has 1 aliphatic rings. The average molecular weight is 222 g/mol. The Morgan fingerprint density at radius 1 is 1.25 bits per heavy atom. The smallest absolute Gasteiger partial charge is 0.0228 e. The number of likely N-dealkylation sites (N-methyl/N-ethyl adjacent to an activating group) is 1. The molecule has 16 heavy (non-hydrogen) atoms. The SMILES string of the molecule is C=C(C=CCC(C)C)CN1CCN(C)CC1. The fraction of sp³-hybridized carbons (Fsp3) is 0.714. The van der Waals surface area contributed by atoms with E-state index in [1.165, 1.54) is 31.8 Å². The third kappa shape index (κ3) is 5.47. The lowest BCUT2D eigenvalue weighted by atomic mass is 10.1. The Balaban J connectivity index is 2.21. The molecule has 0 amide bonds. The first-order valence-corrected chi connectivity index (χ1v) is 6.33. The Morgan fingerprint density at radius 3 is 2.44 bits per heavy atom. The van der Waals surface area contributed by atoms with Gasteiger partial charge in [-0.25, -0.2) is 0 Å². The van der Waals surface area contributed by atoms with Gasteiger partial charge in [0.1, 0.15) is 0 Å².